The molecule has 0 aromatic carbocycles. The lowest BCUT2D eigenvalue weighted by atomic mass is 9.86. The van der Waals surface area contributed by atoms with Gasteiger partial charge >= 0.3 is 12.1 Å². The molecule has 2 atom stereocenters. The van der Waals surface area contributed by atoms with Crippen molar-refractivity contribution >= 4 is 12.1 Å². The predicted molar refractivity (Wildman–Crippen MR) is 66.1 cm³/mol. The maximum absolute atomic E-state index is 11.9. The number of likely N-dealkylation sites (tertiary alicyclic amines) is 1. The van der Waals surface area contributed by atoms with E-state index in [1.54, 1.807) is 20.8 Å². The molecular formula is C12H22N2O4. The highest BCUT2D eigenvalue weighted by molar-refractivity contribution is 5.82. The van der Waals surface area contributed by atoms with Crippen LogP contribution in [-0.2, 0) is 9.53 Å². The van der Waals surface area contributed by atoms with Gasteiger partial charge in [0.15, 0.2) is 0 Å². The minimum atomic E-state index is -1.37. The quantitative estimate of drug-likeness (QED) is 0.772. The van der Waals surface area contributed by atoms with Crippen LogP contribution in [0, 0.1) is 5.92 Å². The monoisotopic (exact) mass is 258 g/mol. The molecule has 1 aliphatic heterocycles. The Morgan fingerprint density at radius 1 is 1.50 bits per heavy atom. The molecule has 0 saturated carbocycles. The summed E-state index contributed by atoms with van der Waals surface area (Å²) < 4.78 is 5.23. The Bertz CT molecular complexity index is 350. The van der Waals surface area contributed by atoms with Gasteiger partial charge in [-0.25, -0.2) is 4.79 Å². The molecule has 6 nitrogen and oxygen atoms in total. The van der Waals surface area contributed by atoms with Gasteiger partial charge in [0.1, 0.15) is 11.1 Å². The summed E-state index contributed by atoms with van der Waals surface area (Å²) in [6.45, 7) is 7.50. The third-order valence-electron chi connectivity index (χ3n) is 3.16. The van der Waals surface area contributed by atoms with E-state index < -0.39 is 23.2 Å². The van der Waals surface area contributed by atoms with Gasteiger partial charge < -0.3 is 20.5 Å². The molecule has 0 bridgehead atoms. The summed E-state index contributed by atoms with van der Waals surface area (Å²) in [7, 11) is 0. The fourth-order valence-corrected chi connectivity index (χ4v) is 2.14. The van der Waals surface area contributed by atoms with Crippen molar-refractivity contribution in [3.05, 3.63) is 0 Å². The fraction of sp³-hybridized carbons (Fsp3) is 0.833. The van der Waals surface area contributed by atoms with Crippen molar-refractivity contribution in [2.45, 2.75) is 45.3 Å². The summed E-state index contributed by atoms with van der Waals surface area (Å²) >= 11 is 0. The molecule has 0 aromatic heterocycles. The van der Waals surface area contributed by atoms with Crippen LogP contribution in [0.1, 0.15) is 34.1 Å². The van der Waals surface area contributed by atoms with Crippen LogP contribution in [0.3, 0.4) is 0 Å². The van der Waals surface area contributed by atoms with Crippen LogP contribution in [-0.4, -0.2) is 46.3 Å². The van der Waals surface area contributed by atoms with Gasteiger partial charge in [0.2, 0.25) is 0 Å². The number of carboxylic acid groups (broad SMARTS) is 1. The molecule has 104 valence electrons. The van der Waals surface area contributed by atoms with Crippen molar-refractivity contribution in [3.8, 4) is 0 Å². The van der Waals surface area contributed by atoms with Crippen LogP contribution >= 0.6 is 0 Å². The molecular weight excluding hydrogens is 236 g/mol. The average molecular weight is 258 g/mol. The molecule has 0 radical (unpaired) electrons. The Balaban J connectivity index is 2.79. The number of rotatable bonds is 2. The standard InChI is InChI=1S/C12H22N2O4/c1-5-8-6-14(7-12(8,13)9(15)16)10(17)18-11(2,3)4/h8H,5-7,13H2,1-4H3,(H,15,16)/t8-,12-/m0/s1. The fourth-order valence-electron chi connectivity index (χ4n) is 2.14. The average Bonchev–Trinajstić information content (AvgIpc) is 2.54. The normalized spacial score (nSPS) is 28.3. The van der Waals surface area contributed by atoms with Gasteiger partial charge in [-0.1, -0.05) is 6.92 Å². The Kier molecular flexibility index (Phi) is 3.90. The van der Waals surface area contributed by atoms with E-state index in [0.29, 0.717) is 13.0 Å². The van der Waals surface area contributed by atoms with Gasteiger partial charge in [-0.3, -0.25) is 4.79 Å². The van der Waals surface area contributed by atoms with E-state index in [4.69, 9.17) is 10.5 Å². The first-order valence-electron chi connectivity index (χ1n) is 6.10. The topological polar surface area (TPSA) is 92.9 Å². The molecule has 1 fully saturated rings. The SMILES string of the molecule is CC[C@H]1CN(C(=O)OC(C)(C)C)C[C@@]1(N)C(=O)O. The first-order valence-corrected chi connectivity index (χ1v) is 6.10. The number of ether oxygens (including phenoxy) is 1. The van der Waals surface area contributed by atoms with Gasteiger partial charge in [-0.15, -0.1) is 0 Å². The minimum absolute atomic E-state index is 0.00421. The summed E-state index contributed by atoms with van der Waals surface area (Å²) in [6, 6.07) is 0. The number of amides is 1. The van der Waals surface area contributed by atoms with Crippen LogP contribution in [0.2, 0.25) is 0 Å². The number of nitrogens with two attached hydrogens (primary N) is 1. The van der Waals surface area contributed by atoms with Gasteiger partial charge in [-0.05, 0) is 27.2 Å². The number of nitrogens with zero attached hydrogens (tertiary/aromatic N) is 1. The molecule has 18 heavy (non-hydrogen) atoms. The van der Waals surface area contributed by atoms with Gasteiger partial charge in [0.05, 0.1) is 6.54 Å². The van der Waals surface area contributed by atoms with Gasteiger partial charge in [0, 0.05) is 12.5 Å². The van der Waals surface area contributed by atoms with E-state index in [9.17, 15) is 14.7 Å². The van der Waals surface area contributed by atoms with E-state index in [-0.39, 0.29) is 12.5 Å². The summed E-state index contributed by atoms with van der Waals surface area (Å²) in [5.41, 5.74) is 3.93. The van der Waals surface area contributed by atoms with E-state index in [1.807, 2.05) is 6.92 Å². The zero-order valence-electron chi connectivity index (χ0n) is 11.4. The van der Waals surface area contributed by atoms with E-state index in [2.05, 4.69) is 0 Å². The van der Waals surface area contributed by atoms with Crippen molar-refractivity contribution in [2.24, 2.45) is 11.7 Å². The highest BCUT2D eigenvalue weighted by Crippen LogP contribution is 2.29. The second-order valence-corrected chi connectivity index (χ2v) is 5.81. The maximum Gasteiger partial charge on any atom is 0.410 e. The Morgan fingerprint density at radius 2 is 2.06 bits per heavy atom. The van der Waals surface area contributed by atoms with Crippen molar-refractivity contribution in [1.29, 1.82) is 0 Å². The number of hydrogen-bond acceptors (Lipinski definition) is 4. The molecule has 0 aliphatic carbocycles. The van der Waals surface area contributed by atoms with Crippen LogP contribution in [0.25, 0.3) is 0 Å². The third kappa shape index (κ3) is 2.93. The Labute approximate surface area is 107 Å². The number of carbonyl (C=O) groups excluding carboxylic acids is 1. The molecule has 1 saturated heterocycles. The van der Waals surface area contributed by atoms with Crippen LogP contribution in [0.5, 0.6) is 0 Å². The first-order chi connectivity index (χ1) is 8.10. The van der Waals surface area contributed by atoms with Gasteiger partial charge in [-0.2, -0.15) is 0 Å². The van der Waals surface area contributed by atoms with Gasteiger partial charge in [0.25, 0.3) is 0 Å². The molecule has 1 amide bonds. The van der Waals surface area contributed by atoms with E-state index in [0.717, 1.165) is 0 Å². The molecule has 0 spiro atoms. The lowest BCUT2D eigenvalue weighted by Crippen LogP contribution is -2.55. The summed E-state index contributed by atoms with van der Waals surface area (Å²) in [5, 5.41) is 9.20. The highest BCUT2D eigenvalue weighted by atomic mass is 16.6. The molecule has 3 N–H and O–H groups in total. The summed E-state index contributed by atoms with van der Waals surface area (Å²) in [6.07, 6.45) is 0.108. The minimum Gasteiger partial charge on any atom is -0.480 e. The lowest BCUT2D eigenvalue weighted by Gasteiger charge is -2.25. The van der Waals surface area contributed by atoms with E-state index in [1.165, 1.54) is 4.90 Å². The second-order valence-electron chi connectivity index (χ2n) is 5.81. The summed E-state index contributed by atoms with van der Waals surface area (Å²) in [5.74, 6) is -1.32. The second kappa shape index (κ2) is 4.76. The van der Waals surface area contributed by atoms with Crippen LogP contribution in [0.4, 0.5) is 4.79 Å². The van der Waals surface area contributed by atoms with Crippen molar-refractivity contribution in [3.63, 3.8) is 0 Å². The first kappa shape index (κ1) is 14.8. The molecule has 0 unspecified atom stereocenters. The predicted octanol–water partition coefficient (Wildman–Crippen LogP) is 1.05. The number of aliphatic carboxylic acids is 1. The van der Waals surface area contributed by atoms with Crippen molar-refractivity contribution < 1.29 is 19.4 Å². The molecule has 6 heteroatoms. The van der Waals surface area contributed by atoms with Crippen LogP contribution < -0.4 is 5.73 Å². The lowest BCUT2D eigenvalue weighted by molar-refractivity contribution is -0.144. The smallest absolute Gasteiger partial charge is 0.410 e. The zero-order valence-corrected chi connectivity index (χ0v) is 11.4. The number of hydrogen-bond donors (Lipinski definition) is 2. The third-order valence-corrected chi connectivity index (χ3v) is 3.16. The highest BCUT2D eigenvalue weighted by Gasteiger charge is 2.50. The Morgan fingerprint density at radius 3 is 2.39 bits per heavy atom. The number of carboxylic acids is 1. The summed E-state index contributed by atoms with van der Waals surface area (Å²) in [4.78, 5) is 24.5. The maximum atomic E-state index is 11.9. The molecule has 1 aliphatic rings. The number of carbonyl (C=O) groups is 2. The Hall–Kier alpha value is -1.30. The molecule has 1 rings (SSSR count). The van der Waals surface area contributed by atoms with Crippen LogP contribution in [0.15, 0.2) is 0 Å². The molecule has 0 aromatic rings. The van der Waals surface area contributed by atoms with Crippen molar-refractivity contribution in [2.75, 3.05) is 13.1 Å². The van der Waals surface area contributed by atoms with E-state index >= 15 is 0 Å². The largest absolute Gasteiger partial charge is 0.480 e. The van der Waals surface area contributed by atoms with Crippen molar-refractivity contribution in [1.82, 2.24) is 4.90 Å². The zero-order chi connectivity index (χ0) is 14.1. The molecule has 1 heterocycles.